The van der Waals surface area contributed by atoms with Crippen molar-refractivity contribution in [1.82, 2.24) is 15.5 Å². The largest absolute Gasteiger partial charge is 0.347 e. The van der Waals surface area contributed by atoms with E-state index in [1.807, 2.05) is 13.0 Å². The van der Waals surface area contributed by atoms with Crippen LogP contribution in [-0.4, -0.2) is 34.6 Å². The van der Waals surface area contributed by atoms with Crippen LogP contribution in [0, 0.1) is 6.92 Å². The first-order valence-corrected chi connectivity index (χ1v) is 11.0. The van der Waals surface area contributed by atoms with Crippen LogP contribution in [-0.2, 0) is 27.5 Å². The minimum atomic E-state index is -0.656. The molecule has 9 heteroatoms. The Morgan fingerprint density at radius 2 is 2.13 bits per heavy atom. The summed E-state index contributed by atoms with van der Waals surface area (Å²) in [6, 6.07) is 4.68. The zero-order valence-corrected chi connectivity index (χ0v) is 18.4. The maximum absolute atomic E-state index is 12.8. The van der Waals surface area contributed by atoms with Gasteiger partial charge in [0.1, 0.15) is 6.04 Å². The standard InChI is InChI=1S/C22H20ClN3O4S/c1-11-3-4-13(7-16(11)23)12(2)20(28)24-8-18-14-9-26(22(30)15(14)10-31-18)17-5-6-19(27)25-21(17)29/h3-4,7,10,17H,2,5-6,8-9H2,1H3,(H,24,28)(H,25,27,29). The SMILES string of the molecule is C=C(C(=O)NCc1scc2c1CN(C1CCC(=O)NC1=O)C2=O)c1ccc(C)c(Cl)c1. The lowest BCUT2D eigenvalue weighted by Gasteiger charge is -2.29. The number of nitrogens with one attached hydrogen (secondary N) is 2. The van der Waals surface area contributed by atoms with Gasteiger partial charge in [-0.25, -0.2) is 0 Å². The predicted octanol–water partition coefficient (Wildman–Crippen LogP) is 2.80. The van der Waals surface area contributed by atoms with Crippen LogP contribution in [0.1, 0.15) is 44.8 Å². The molecule has 7 nitrogen and oxygen atoms in total. The zero-order chi connectivity index (χ0) is 22.3. The third-order valence-electron chi connectivity index (χ3n) is 5.59. The lowest BCUT2D eigenvalue weighted by atomic mass is 10.0. The lowest BCUT2D eigenvalue weighted by Crippen LogP contribution is -2.52. The van der Waals surface area contributed by atoms with E-state index in [0.29, 0.717) is 28.1 Å². The van der Waals surface area contributed by atoms with Crippen LogP contribution >= 0.6 is 22.9 Å². The van der Waals surface area contributed by atoms with Gasteiger partial charge in [0.05, 0.1) is 12.1 Å². The van der Waals surface area contributed by atoms with Crippen molar-refractivity contribution in [1.29, 1.82) is 0 Å². The van der Waals surface area contributed by atoms with Crippen molar-refractivity contribution in [2.75, 3.05) is 0 Å². The quantitative estimate of drug-likeness (QED) is 0.533. The number of amides is 4. The second-order valence-corrected chi connectivity index (χ2v) is 8.95. The second-order valence-electron chi connectivity index (χ2n) is 7.58. The molecule has 0 aliphatic carbocycles. The van der Waals surface area contributed by atoms with Gasteiger partial charge < -0.3 is 10.2 Å². The summed E-state index contributed by atoms with van der Waals surface area (Å²) in [5.41, 5.74) is 3.21. The molecule has 0 spiro atoms. The molecular formula is C22H20ClN3O4S. The van der Waals surface area contributed by atoms with E-state index in [1.54, 1.807) is 17.5 Å². The Labute approximate surface area is 188 Å². The number of fused-ring (bicyclic) bond motifs is 1. The number of imide groups is 1. The molecule has 1 aromatic carbocycles. The zero-order valence-electron chi connectivity index (χ0n) is 16.8. The molecule has 0 radical (unpaired) electrons. The first kappa shape index (κ1) is 21.3. The summed E-state index contributed by atoms with van der Waals surface area (Å²) in [7, 11) is 0. The van der Waals surface area contributed by atoms with Gasteiger partial charge in [-0.05, 0) is 36.1 Å². The first-order valence-electron chi connectivity index (χ1n) is 9.73. The van der Waals surface area contributed by atoms with E-state index in [2.05, 4.69) is 17.2 Å². The lowest BCUT2D eigenvalue weighted by molar-refractivity contribution is -0.136. The molecular weight excluding hydrogens is 438 g/mol. The minimum Gasteiger partial charge on any atom is -0.347 e. The van der Waals surface area contributed by atoms with Gasteiger partial charge in [0.2, 0.25) is 11.8 Å². The second kappa shape index (κ2) is 8.28. The average molecular weight is 458 g/mol. The molecule has 1 saturated heterocycles. The highest BCUT2D eigenvalue weighted by Crippen LogP contribution is 2.33. The number of carbonyl (C=O) groups is 4. The van der Waals surface area contributed by atoms with E-state index in [-0.39, 0.29) is 37.2 Å². The monoisotopic (exact) mass is 457 g/mol. The van der Waals surface area contributed by atoms with Gasteiger partial charge in [-0.1, -0.05) is 30.3 Å². The third-order valence-corrected chi connectivity index (χ3v) is 7.03. The molecule has 4 rings (SSSR count). The van der Waals surface area contributed by atoms with E-state index < -0.39 is 11.9 Å². The number of nitrogens with zero attached hydrogens (tertiary/aromatic N) is 1. The number of hydrogen-bond donors (Lipinski definition) is 2. The van der Waals surface area contributed by atoms with Crippen LogP contribution < -0.4 is 10.6 Å². The fourth-order valence-corrected chi connectivity index (χ4v) is 4.89. The summed E-state index contributed by atoms with van der Waals surface area (Å²) < 4.78 is 0. The van der Waals surface area contributed by atoms with Gasteiger partial charge in [0, 0.05) is 33.8 Å². The van der Waals surface area contributed by atoms with Crippen molar-refractivity contribution in [3.05, 3.63) is 62.3 Å². The van der Waals surface area contributed by atoms with Crippen LogP contribution in [0.5, 0.6) is 0 Å². The van der Waals surface area contributed by atoms with Gasteiger partial charge >= 0.3 is 0 Å². The van der Waals surface area contributed by atoms with Crippen LogP contribution in [0.25, 0.3) is 5.57 Å². The summed E-state index contributed by atoms with van der Waals surface area (Å²) in [4.78, 5) is 51.3. The van der Waals surface area contributed by atoms with E-state index in [1.165, 1.54) is 16.2 Å². The molecule has 0 bridgehead atoms. The normalized spacial score (nSPS) is 18.1. The van der Waals surface area contributed by atoms with E-state index in [0.717, 1.165) is 16.0 Å². The number of piperidine rings is 1. The molecule has 2 N–H and O–H groups in total. The number of aryl methyl sites for hydroxylation is 1. The third kappa shape index (κ3) is 4.00. The molecule has 160 valence electrons. The van der Waals surface area contributed by atoms with Gasteiger partial charge in [-0.15, -0.1) is 11.3 Å². The predicted molar refractivity (Wildman–Crippen MR) is 117 cm³/mol. The Hall–Kier alpha value is -2.97. The van der Waals surface area contributed by atoms with Crippen molar-refractivity contribution in [2.45, 2.75) is 38.9 Å². The molecule has 31 heavy (non-hydrogen) atoms. The smallest absolute Gasteiger partial charge is 0.256 e. The van der Waals surface area contributed by atoms with Crippen molar-refractivity contribution < 1.29 is 19.2 Å². The van der Waals surface area contributed by atoms with Gasteiger partial charge in [0.15, 0.2) is 0 Å². The Morgan fingerprint density at radius 1 is 1.35 bits per heavy atom. The molecule has 2 aromatic rings. The highest BCUT2D eigenvalue weighted by Gasteiger charge is 2.40. The van der Waals surface area contributed by atoms with Crippen molar-refractivity contribution in [2.24, 2.45) is 0 Å². The highest BCUT2D eigenvalue weighted by atomic mass is 35.5. The van der Waals surface area contributed by atoms with Crippen molar-refractivity contribution in [3.8, 4) is 0 Å². The number of hydrogen-bond acceptors (Lipinski definition) is 5. The molecule has 3 heterocycles. The molecule has 1 atom stereocenters. The van der Waals surface area contributed by atoms with E-state index in [4.69, 9.17) is 11.6 Å². The summed E-state index contributed by atoms with van der Waals surface area (Å²) in [5, 5.41) is 7.45. The minimum absolute atomic E-state index is 0.209. The van der Waals surface area contributed by atoms with Gasteiger partial charge in [-0.3, -0.25) is 24.5 Å². The molecule has 2 aliphatic rings. The van der Waals surface area contributed by atoms with Crippen LogP contribution in [0.4, 0.5) is 0 Å². The molecule has 1 fully saturated rings. The number of rotatable bonds is 5. The van der Waals surface area contributed by atoms with Crippen molar-refractivity contribution in [3.63, 3.8) is 0 Å². The molecule has 1 unspecified atom stereocenters. The Kier molecular flexibility index (Phi) is 5.68. The summed E-state index contributed by atoms with van der Waals surface area (Å²) in [6.45, 7) is 6.27. The Morgan fingerprint density at radius 3 is 2.84 bits per heavy atom. The summed E-state index contributed by atoms with van der Waals surface area (Å²) >= 11 is 7.53. The molecule has 1 aromatic heterocycles. The summed E-state index contributed by atoms with van der Waals surface area (Å²) in [5.74, 6) is -1.31. The van der Waals surface area contributed by atoms with Crippen LogP contribution in [0.3, 0.4) is 0 Å². The Bertz CT molecular complexity index is 1140. The van der Waals surface area contributed by atoms with Crippen molar-refractivity contribution >= 4 is 52.1 Å². The highest BCUT2D eigenvalue weighted by molar-refractivity contribution is 7.10. The van der Waals surface area contributed by atoms with E-state index in [9.17, 15) is 19.2 Å². The fraction of sp³-hybridized carbons (Fsp3) is 0.273. The molecule has 4 amide bonds. The first-order chi connectivity index (χ1) is 14.8. The average Bonchev–Trinajstić information content (AvgIpc) is 3.28. The van der Waals surface area contributed by atoms with E-state index >= 15 is 0 Å². The number of carbonyl (C=O) groups excluding carboxylic acids is 4. The molecule has 0 saturated carbocycles. The maximum Gasteiger partial charge on any atom is 0.256 e. The van der Waals surface area contributed by atoms with Crippen LogP contribution in [0.2, 0.25) is 5.02 Å². The number of thiophene rings is 1. The van der Waals surface area contributed by atoms with Crippen LogP contribution in [0.15, 0.2) is 30.2 Å². The maximum atomic E-state index is 12.8. The molecule has 2 aliphatic heterocycles. The number of benzene rings is 1. The van der Waals surface area contributed by atoms with Gasteiger partial charge in [0.25, 0.3) is 11.8 Å². The summed E-state index contributed by atoms with van der Waals surface area (Å²) in [6.07, 6.45) is 0.524. The fourth-order valence-electron chi connectivity index (χ4n) is 3.73. The van der Waals surface area contributed by atoms with Gasteiger partial charge in [-0.2, -0.15) is 0 Å². The number of halogens is 1. The Balaban J connectivity index is 1.43. The topological polar surface area (TPSA) is 95.6 Å².